The lowest BCUT2D eigenvalue weighted by Gasteiger charge is -1.99. The number of hydrogen-bond acceptors (Lipinski definition) is 4. The summed E-state index contributed by atoms with van der Waals surface area (Å²) in [6.07, 6.45) is 3.12. The number of anilines is 2. The fourth-order valence-corrected chi connectivity index (χ4v) is 2.85. The lowest BCUT2D eigenvalue weighted by atomic mass is 10.2. The highest BCUT2D eigenvalue weighted by Gasteiger charge is 2.13. The van der Waals surface area contributed by atoms with Gasteiger partial charge in [-0.25, -0.2) is 0 Å². The van der Waals surface area contributed by atoms with Gasteiger partial charge in [0, 0.05) is 16.6 Å². The van der Waals surface area contributed by atoms with Gasteiger partial charge in [-0.3, -0.25) is 4.79 Å². The number of benzene rings is 1. The molecule has 5 heteroatoms. The zero-order chi connectivity index (χ0) is 15.4. The van der Waals surface area contributed by atoms with Gasteiger partial charge in [-0.1, -0.05) is 12.1 Å². The fourth-order valence-electron chi connectivity index (χ4n) is 1.84. The van der Waals surface area contributed by atoms with Crippen LogP contribution in [0.4, 0.5) is 10.7 Å². The Hall–Kier alpha value is -2.58. The van der Waals surface area contributed by atoms with Gasteiger partial charge in [0.1, 0.15) is 11.1 Å². The van der Waals surface area contributed by atoms with Crippen molar-refractivity contribution in [3.05, 3.63) is 51.9 Å². The number of aryl methyl sites for hydroxylation is 1. The minimum Gasteiger partial charge on any atom is -0.399 e. The van der Waals surface area contributed by atoms with Gasteiger partial charge >= 0.3 is 0 Å². The molecule has 0 aliphatic rings. The third-order valence-corrected chi connectivity index (χ3v) is 4.19. The second-order valence-corrected chi connectivity index (χ2v) is 5.82. The number of carbonyl (C=O) groups excluding carboxylic acids is 1. The van der Waals surface area contributed by atoms with E-state index in [1.807, 2.05) is 26.0 Å². The molecule has 0 fully saturated rings. The molecule has 0 saturated heterocycles. The molecular formula is C16H15N3OS. The Morgan fingerprint density at radius 1 is 1.43 bits per heavy atom. The molecule has 0 aliphatic heterocycles. The van der Waals surface area contributed by atoms with Crippen molar-refractivity contribution in [3.63, 3.8) is 0 Å². The first-order valence-corrected chi connectivity index (χ1v) is 7.17. The van der Waals surface area contributed by atoms with Crippen molar-refractivity contribution in [1.82, 2.24) is 0 Å². The normalized spacial score (nSPS) is 10.5. The molecule has 1 aromatic carbocycles. The maximum Gasteiger partial charge on any atom is 0.249 e. The zero-order valence-electron chi connectivity index (χ0n) is 11.8. The Morgan fingerprint density at radius 3 is 2.86 bits per heavy atom. The lowest BCUT2D eigenvalue weighted by Crippen LogP contribution is -2.07. The van der Waals surface area contributed by atoms with Crippen LogP contribution in [0.15, 0.2) is 30.3 Å². The van der Waals surface area contributed by atoms with Crippen LogP contribution in [0.2, 0.25) is 0 Å². The summed E-state index contributed by atoms with van der Waals surface area (Å²) in [5.41, 5.74) is 8.62. The van der Waals surface area contributed by atoms with Crippen molar-refractivity contribution in [2.24, 2.45) is 0 Å². The molecule has 0 bridgehead atoms. The summed E-state index contributed by atoms with van der Waals surface area (Å²) in [6.45, 7) is 3.81. The van der Waals surface area contributed by atoms with Gasteiger partial charge in [0.25, 0.3) is 0 Å². The summed E-state index contributed by atoms with van der Waals surface area (Å²) >= 11 is 1.41. The van der Waals surface area contributed by atoms with E-state index in [1.54, 1.807) is 18.2 Å². The van der Waals surface area contributed by atoms with Crippen molar-refractivity contribution in [3.8, 4) is 6.07 Å². The molecule has 0 atom stereocenters. The molecule has 2 aromatic rings. The van der Waals surface area contributed by atoms with Gasteiger partial charge in [-0.05, 0) is 43.2 Å². The number of nitrogen functional groups attached to an aromatic ring is 1. The number of carbonyl (C=O) groups is 1. The molecule has 3 N–H and O–H groups in total. The van der Waals surface area contributed by atoms with Crippen LogP contribution in [0.25, 0.3) is 6.08 Å². The van der Waals surface area contributed by atoms with Crippen LogP contribution in [-0.4, -0.2) is 5.91 Å². The Morgan fingerprint density at radius 2 is 2.19 bits per heavy atom. The number of rotatable bonds is 3. The Bertz CT molecular complexity index is 753. The third kappa shape index (κ3) is 3.50. The van der Waals surface area contributed by atoms with Crippen LogP contribution in [-0.2, 0) is 4.79 Å². The predicted molar refractivity (Wildman–Crippen MR) is 87.0 cm³/mol. The van der Waals surface area contributed by atoms with E-state index in [0.717, 1.165) is 16.0 Å². The summed E-state index contributed by atoms with van der Waals surface area (Å²) in [5, 5.41) is 12.5. The Labute approximate surface area is 127 Å². The monoisotopic (exact) mass is 297 g/mol. The number of amides is 1. The van der Waals surface area contributed by atoms with E-state index in [0.29, 0.717) is 16.3 Å². The average molecular weight is 297 g/mol. The number of nitrogens with two attached hydrogens (primary N) is 1. The molecule has 1 amide bonds. The minimum atomic E-state index is -0.268. The van der Waals surface area contributed by atoms with E-state index in [9.17, 15) is 4.79 Å². The minimum absolute atomic E-state index is 0.268. The summed E-state index contributed by atoms with van der Waals surface area (Å²) in [5.74, 6) is -0.268. The first kappa shape index (κ1) is 14.8. The quantitative estimate of drug-likeness (QED) is 0.672. The van der Waals surface area contributed by atoms with Crippen LogP contribution in [0.3, 0.4) is 0 Å². The molecule has 0 aliphatic carbocycles. The van der Waals surface area contributed by atoms with E-state index < -0.39 is 0 Å². The van der Waals surface area contributed by atoms with E-state index in [2.05, 4.69) is 11.4 Å². The second kappa shape index (κ2) is 6.25. The van der Waals surface area contributed by atoms with Crippen LogP contribution >= 0.6 is 11.3 Å². The summed E-state index contributed by atoms with van der Waals surface area (Å²) < 4.78 is 0. The SMILES string of the molecule is Cc1sc(NC(=O)/C=C/c2cccc(N)c2)c(C#N)c1C. The molecule has 0 radical (unpaired) electrons. The van der Waals surface area contributed by atoms with Crippen LogP contribution < -0.4 is 11.1 Å². The van der Waals surface area contributed by atoms with Gasteiger partial charge in [-0.2, -0.15) is 5.26 Å². The maximum atomic E-state index is 11.9. The van der Waals surface area contributed by atoms with Crippen LogP contribution in [0.5, 0.6) is 0 Å². The van der Waals surface area contributed by atoms with E-state index in [-0.39, 0.29) is 5.91 Å². The fraction of sp³-hybridized carbons (Fsp3) is 0.125. The lowest BCUT2D eigenvalue weighted by molar-refractivity contribution is -0.111. The maximum absolute atomic E-state index is 11.9. The van der Waals surface area contributed by atoms with Crippen molar-refractivity contribution in [2.75, 3.05) is 11.1 Å². The summed E-state index contributed by atoms with van der Waals surface area (Å²) in [4.78, 5) is 13.0. The number of thiophene rings is 1. The average Bonchev–Trinajstić information content (AvgIpc) is 2.71. The zero-order valence-corrected chi connectivity index (χ0v) is 12.6. The summed E-state index contributed by atoms with van der Waals surface area (Å²) in [6, 6.07) is 9.38. The smallest absolute Gasteiger partial charge is 0.249 e. The highest BCUT2D eigenvalue weighted by Crippen LogP contribution is 2.31. The Kier molecular flexibility index (Phi) is 4.41. The largest absolute Gasteiger partial charge is 0.399 e. The van der Waals surface area contributed by atoms with Gasteiger partial charge in [0.05, 0.1) is 5.56 Å². The number of nitriles is 1. The van der Waals surface area contributed by atoms with Crippen molar-refractivity contribution in [1.29, 1.82) is 5.26 Å². The second-order valence-electron chi connectivity index (χ2n) is 4.59. The van der Waals surface area contributed by atoms with Crippen LogP contribution in [0.1, 0.15) is 21.6 Å². The molecule has 1 aromatic heterocycles. The number of nitrogens with zero attached hydrogens (tertiary/aromatic N) is 1. The molecule has 0 unspecified atom stereocenters. The molecule has 0 spiro atoms. The molecule has 21 heavy (non-hydrogen) atoms. The summed E-state index contributed by atoms with van der Waals surface area (Å²) in [7, 11) is 0. The van der Waals surface area contributed by atoms with Gasteiger partial charge < -0.3 is 11.1 Å². The molecule has 1 heterocycles. The topological polar surface area (TPSA) is 78.9 Å². The number of hydrogen-bond donors (Lipinski definition) is 2. The molecule has 106 valence electrons. The third-order valence-electron chi connectivity index (χ3n) is 3.07. The number of nitrogens with one attached hydrogen (secondary N) is 1. The first-order chi connectivity index (χ1) is 10.0. The Balaban J connectivity index is 2.13. The van der Waals surface area contributed by atoms with Crippen molar-refractivity contribution < 1.29 is 4.79 Å². The molecule has 2 rings (SSSR count). The van der Waals surface area contributed by atoms with E-state index in [4.69, 9.17) is 11.0 Å². The first-order valence-electron chi connectivity index (χ1n) is 6.36. The van der Waals surface area contributed by atoms with Gasteiger partial charge in [-0.15, -0.1) is 11.3 Å². The van der Waals surface area contributed by atoms with Crippen LogP contribution in [0, 0.1) is 25.2 Å². The van der Waals surface area contributed by atoms with E-state index >= 15 is 0 Å². The highest BCUT2D eigenvalue weighted by atomic mass is 32.1. The van der Waals surface area contributed by atoms with Crippen molar-refractivity contribution in [2.45, 2.75) is 13.8 Å². The molecular weight excluding hydrogens is 282 g/mol. The van der Waals surface area contributed by atoms with E-state index in [1.165, 1.54) is 17.4 Å². The standard InChI is InChI=1S/C16H15N3OS/c1-10-11(2)21-16(14(10)9-17)19-15(20)7-6-12-4-3-5-13(18)8-12/h3-8H,18H2,1-2H3,(H,19,20)/b7-6+. The van der Waals surface area contributed by atoms with Gasteiger partial charge in [0.2, 0.25) is 5.91 Å². The van der Waals surface area contributed by atoms with Gasteiger partial charge in [0.15, 0.2) is 0 Å². The molecule has 0 saturated carbocycles. The highest BCUT2D eigenvalue weighted by molar-refractivity contribution is 7.16. The predicted octanol–water partition coefficient (Wildman–Crippen LogP) is 3.47. The van der Waals surface area contributed by atoms with Crippen molar-refractivity contribution >= 4 is 34.0 Å². The molecule has 4 nitrogen and oxygen atoms in total.